The van der Waals surface area contributed by atoms with E-state index < -0.39 is 6.10 Å². The van der Waals surface area contributed by atoms with Crippen LogP contribution in [0.15, 0.2) is 24.3 Å². The summed E-state index contributed by atoms with van der Waals surface area (Å²) >= 11 is 1.43. The second-order valence-corrected chi connectivity index (χ2v) is 6.23. The van der Waals surface area contributed by atoms with Crippen LogP contribution in [-0.2, 0) is 11.2 Å². The SMILES string of the molecule is Cc1sc(NC(=O)[C@H]2Cc3ccccc3O2)c(C#N)c1C. The summed E-state index contributed by atoms with van der Waals surface area (Å²) in [7, 11) is 0. The topological polar surface area (TPSA) is 62.1 Å². The number of aryl methyl sites for hydroxylation is 1. The molecular formula is C16H14N2O2S. The number of ether oxygens (including phenoxy) is 1. The molecular weight excluding hydrogens is 284 g/mol. The zero-order chi connectivity index (χ0) is 15.0. The summed E-state index contributed by atoms with van der Waals surface area (Å²) < 4.78 is 5.66. The van der Waals surface area contributed by atoms with Gasteiger partial charge in [-0.15, -0.1) is 11.3 Å². The van der Waals surface area contributed by atoms with Gasteiger partial charge in [-0.2, -0.15) is 5.26 Å². The Balaban J connectivity index is 1.77. The molecule has 2 aromatic rings. The number of thiophene rings is 1. The zero-order valence-electron chi connectivity index (χ0n) is 11.8. The third-order valence-corrected chi connectivity index (χ3v) is 4.80. The van der Waals surface area contributed by atoms with E-state index in [0.29, 0.717) is 17.0 Å². The van der Waals surface area contributed by atoms with Gasteiger partial charge in [0.15, 0.2) is 6.10 Å². The molecule has 0 spiro atoms. The first-order chi connectivity index (χ1) is 10.1. The molecule has 1 aromatic heterocycles. The van der Waals surface area contributed by atoms with E-state index in [1.165, 1.54) is 11.3 Å². The maximum absolute atomic E-state index is 12.3. The van der Waals surface area contributed by atoms with Crippen LogP contribution in [0.5, 0.6) is 5.75 Å². The van der Waals surface area contributed by atoms with Crippen LogP contribution in [0.25, 0.3) is 0 Å². The highest BCUT2D eigenvalue weighted by atomic mass is 32.1. The van der Waals surface area contributed by atoms with Crippen LogP contribution in [0.3, 0.4) is 0 Å². The molecule has 0 saturated carbocycles. The monoisotopic (exact) mass is 298 g/mol. The number of rotatable bonds is 2. The van der Waals surface area contributed by atoms with Crippen LogP contribution >= 0.6 is 11.3 Å². The van der Waals surface area contributed by atoms with Crippen molar-refractivity contribution in [3.05, 3.63) is 45.8 Å². The van der Waals surface area contributed by atoms with E-state index in [2.05, 4.69) is 11.4 Å². The van der Waals surface area contributed by atoms with Crippen molar-refractivity contribution >= 4 is 22.2 Å². The number of nitrogens with zero attached hydrogens (tertiary/aromatic N) is 1. The van der Waals surface area contributed by atoms with E-state index >= 15 is 0 Å². The summed E-state index contributed by atoms with van der Waals surface area (Å²) in [6, 6.07) is 9.80. The number of carbonyl (C=O) groups is 1. The fourth-order valence-electron chi connectivity index (χ4n) is 2.37. The third kappa shape index (κ3) is 2.39. The van der Waals surface area contributed by atoms with Crippen molar-refractivity contribution in [1.29, 1.82) is 5.26 Å². The number of benzene rings is 1. The third-order valence-electron chi connectivity index (χ3n) is 3.67. The summed E-state index contributed by atoms with van der Waals surface area (Å²) in [5.41, 5.74) is 2.51. The van der Waals surface area contributed by atoms with E-state index in [9.17, 15) is 10.1 Å². The Kier molecular flexibility index (Phi) is 3.40. The molecule has 0 radical (unpaired) electrons. The maximum atomic E-state index is 12.3. The molecule has 1 N–H and O–H groups in total. The smallest absolute Gasteiger partial charge is 0.266 e. The minimum Gasteiger partial charge on any atom is -0.480 e. The molecule has 1 aliphatic heterocycles. The van der Waals surface area contributed by atoms with Gasteiger partial charge in [0.2, 0.25) is 0 Å². The Labute approximate surface area is 127 Å². The van der Waals surface area contributed by atoms with Crippen molar-refractivity contribution in [2.45, 2.75) is 26.4 Å². The van der Waals surface area contributed by atoms with Crippen LogP contribution < -0.4 is 10.1 Å². The summed E-state index contributed by atoms with van der Waals surface area (Å²) in [5, 5.41) is 12.6. The second-order valence-electron chi connectivity index (χ2n) is 5.01. The molecule has 21 heavy (non-hydrogen) atoms. The highest BCUT2D eigenvalue weighted by Crippen LogP contribution is 2.33. The van der Waals surface area contributed by atoms with Gasteiger partial charge in [0.05, 0.1) is 5.56 Å². The summed E-state index contributed by atoms with van der Waals surface area (Å²) in [4.78, 5) is 13.4. The largest absolute Gasteiger partial charge is 0.480 e. The van der Waals surface area contributed by atoms with E-state index in [4.69, 9.17) is 4.74 Å². The predicted octanol–water partition coefficient (Wildman–Crippen LogP) is 3.18. The van der Waals surface area contributed by atoms with Gasteiger partial charge in [-0.25, -0.2) is 0 Å². The van der Waals surface area contributed by atoms with Crippen molar-refractivity contribution in [3.63, 3.8) is 0 Å². The summed E-state index contributed by atoms with van der Waals surface area (Å²) in [6.07, 6.45) is 0.0319. The van der Waals surface area contributed by atoms with E-state index in [0.717, 1.165) is 21.8 Å². The summed E-state index contributed by atoms with van der Waals surface area (Å²) in [5.74, 6) is 0.556. The molecule has 1 aromatic carbocycles. The maximum Gasteiger partial charge on any atom is 0.266 e. The number of anilines is 1. The molecule has 0 saturated heterocycles. The lowest BCUT2D eigenvalue weighted by molar-refractivity contribution is -0.122. The fraction of sp³-hybridized carbons (Fsp3) is 0.250. The van der Waals surface area contributed by atoms with Crippen LogP contribution in [0.4, 0.5) is 5.00 Å². The van der Waals surface area contributed by atoms with Crippen molar-refractivity contribution in [2.24, 2.45) is 0 Å². The van der Waals surface area contributed by atoms with E-state index in [1.54, 1.807) is 0 Å². The van der Waals surface area contributed by atoms with E-state index in [1.807, 2.05) is 38.1 Å². The minimum atomic E-state index is -0.531. The van der Waals surface area contributed by atoms with Crippen molar-refractivity contribution in [2.75, 3.05) is 5.32 Å². The molecule has 106 valence electrons. The van der Waals surface area contributed by atoms with Gasteiger partial charge >= 0.3 is 0 Å². The lowest BCUT2D eigenvalue weighted by Crippen LogP contribution is -2.31. The molecule has 0 bridgehead atoms. The molecule has 5 heteroatoms. The number of nitrogens with one attached hydrogen (secondary N) is 1. The predicted molar refractivity (Wildman–Crippen MR) is 81.7 cm³/mol. The lowest BCUT2D eigenvalue weighted by Gasteiger charge is -2.10. The Morgan fingerprint density at radius 1 is 1.43 bits per heavy atom. The van der Waals surface area contributed by atoms with Crippen LogP contribution in [0.1, 0.15) is 21.6 Å². The first kappa shape index (κ1) is 13.7. The van der Waals surface area contributed by atoms with Crippen LogP contribution in [-0.4, -0.2) is 12.0 Å². The van der Waals surface area contributed by atoms with Gasteiger partial charge in [0.1, 0.15) is 16.8 Å². The number of amides is 1. The fourth-order valence-corrected chi connectivity index (χ4v) is 3.38. The van der Waals surface area contributed by atoms with Gasteiger partial charge in [-0.3, -0.25) is 4.79 Å². The first-order valence-electron chi connectivity index (χ1n) is 6.65. The zero-order valence-corrected chi connectivity index (χ0v) is 12.6. The van der Waals surface area contributed by atoms with Crippen molar-refractivity contribution < 1.29 is 9.53 Å². The molecule has 0 fully saturated rings. The number of fused-ring (bicyclic) bond motifs is 1. The Hall–Kier alpha value is -2.32. The Bertz CT molecular complexity index is 733. The first-order valence-corrected chi connectivity index (χ1v) is 7.47. The summed E-state index contributed by atoms with van der Waals surface area (Å²) in [6.45, 7) is 3.83. The van der Waals surface area contributed by atoms with E-state index in [-0.39, 0.29) is 5.91 Å². The number of para-hydroxylation sites is 1. The molecule has 0 aliphatic carbocycles. The highest BCUT2D eigenvalue weighted by Gasteiger charge is 2.29. The quantitative estimate of drug-likeness (QED) is 0.926. The molecule has 0 unspecified atom stereocenters. The molecule has 1 aliphatic rings. The van der Waals surface area contributed by atoms with Gasteiger partial charge in [0.25, 0.3) is 5.91 Å². The molecule has 3 rings (SSSR count). The van der Waals surface area contributed by atoms with Crippen molar-refractivity contribution in [1.82, 2.24) is 0 Å². The number of nitriles is 1. The van der Waals surface area contributed by atoms with Gasteiger partial charge in [-0.05, 0) is 31.0 Å². The number of hydrogen-bond acceptors (Lipinski definition) is 4. The highest BCUT2D eigenvalue weighted by molar-refractivity contribution is 7.16. The average Bonchev–Trinajstić information content (AvgIpc) is 3.01. The average molecular weight is 298 g/mol. The molecule has 2 heterocycles. The standard InChI is InChI=1S/C16H14N2O2S/c1-9-10(2)21-16(12(9)8-17)18-15(19)14-7-11-5-3-4-6-13(11)20-14/h3-6,14H,7H2,1-2H3,(H,18,19)/t14-/m1/s1. The second kappa shape index (κ2) is 5.23. The Morgan fingerprint density at radius 3 is 2.90 bits per heavy atom. The van der Waals surface area contributed by atoms with Gasteiger partial charge < -0.3 is 10.1 Å². The number of hydrogen-bond donors (Lipinski definition) is 1. The molecule has 1 amide bonds. The van der Waals surface area contributed by atoms with Crippen LogP contribution in [0, 0.1) is 25.2 Å². The lowest BCUT2D eigenvalue weighted by atomic mass is 10.1. The van der Waals surface area contributed by atoms with Gasteiger partial charge in [-0.1, -0.05) is 18.2 Å². The minimum absolute atomic E-state index is 0.205. The Morgan fingerprint density at radius 2 is 2.19 bits per heavy atom. The molecule has 1 atom stereocenters. The number of carbonyl (C=O) groups excluding carboxylic acids is 1. The molecule has 4 nitrogen and oxygen atoms in total. The van der Waals surface area contributed by atoms with Gasteiger partial charge in [0, 0.05) is 11.3 Å². The van der Waals surface area contributed by atoms with Crippen LogP contribution in [0.2, 0.25) is 0 Å². The normalized spacial score (nSPS) is 16.0. The van der Waals surface area contributed by atoms with Crippen molar-refractivity contribution in [3.8, 4) is 11.8 Å².